The van der Waals surface area contributed by atoms with Crippen molar-refractivity contribution in [2.24, 2.45) is 0 Å². The Morgan fingerprint density at radius 1 is 1.19 bits per heavy atom. The fourth-order valence-electron chi connectivity index (χ4n) is 2.40. The van der Waals surface area contributed by atoms with E-state index in [1.807, 2.05) is 31.2 Å². The van der Waals surface area contributed by atoms with Gasteiger partial charge >= 0.3 is 0 Å². The zero-order valence-corrected chi connectivity index (χ0v) is 11.6. The molecule has 1 N–H and O–H groups in total. The van der Waals surface area contributed by atoms with Gasteiger partial charge in [0.15, 0.2) is 0 Å². The molecule has 0 saturated carbocycles. The lowest BCUT2D eigenvalue weighted by atomic mass is 10.2. The first-order valence-electron chi connectivity index (χ1n) is 6.73. The van der Waals surface area contributed by atoms with Gasteiger partial charge < -0.3 is 9.88 Å². The molecular formula is C17H15FN2O. The average Bonchev–Trinajstić information content (AvgIpc) is 2.83. The molecule has 0 unspecified atom stereocenters. The Morgan fingerprint density at radius 2 is 2.00 bits per heavy atom. The Morgan fingerprint density at radius 3 is 2.81 bits per heavy atom. The molecule has 21 heavy (non-hydrogen) atoms. The molecule has 1 aromatic heterocycles. The molecule has 4 heteroatoms. The summed E-state index contributed by atoms with van der Waals surface area (Å²) in [5.74, 6) is -0.410. The highest BCUT2D eigenvalue weighted by atomic mass is 19.1. The van der Waals surface area contributed by atoms with E-state index in [2.05, 4.69) is 5.32 Å². The summed E-state index contributed by atoms with van der Waals surface area (Å²) in [5, 5.41) is 3.38. The fraction of sp³-hybridized carbons (Fsp3) is 0.118. The number of amides is 1. The van der Waals surface area contributed by atoms with Gasteiger partial charge in [0, 0.05) is 17.3 Å². The van der Waals surface area contributed by atoms with Gasteiger partial charge in [0.1, 0.15) is 12.4 Å². The molecule has 0 aliphatic carbocycles. The van der Waals surface area contributed by atoms with Gasteiger partial charge in [-0.05, 0) is 42.8 Å². The summed E-state index contributed by atoms with van der Waals surface area (Å²) in [7, 11) is 0. The van der Waals surface area contributed by atoms with E-state index in [4.69, 9.17) is 0 Å². The fourth-order valence-corrected chi connectivity index (χ4v) is 2.40. The van der Waals surface area contributed by atoms with Gasteiger partial charge in [-0.15, -0.1) is 0 Å². The van der Waals surface area contributed by atoms with Gasteiger partial charge in [0.25, 0.3) is 0 Å². The van der Waals surface area contributed by atoms with E-state index >= 15 is 0 Å². The second kappa shape index (κ2) is 5.40. The molecular weight excluding hydrogens is 267 g/mol. The number of nitrogens with one attached hydrogen (secondary N) is 1. The number of aryl methyl sites for hydroxylation is 1. The van der Waals surface area contributed by atoms with E-state index in [1.165, 1.54) is 6.07 Å². The molecule has 3 aromatic rings. The van der Waals surface area contributed by atoms with Crippen LogP contribution < -0.4 is 5.32 Å². The molecule has 0 aliphatic rings. The molecule has 0 bridgehead atoms. The third kappa shape index (κ3) is 2.79. The number of carbonyl (C=O) groups excluding carboxylic acids is 1. The largest absolute Gasteiger partial charge is 0.338 e. The standard InChI is InChI=1S/C17H15FN2O/c1-12-4-2-5-13(10-12)19-17(21)11-20-9-8-14-15(18)6-3-7-16(14)20/h2-10H,11H2,1H3,(H,19,21). The molecule has 0 fully saturated rings. The molecule has 0 saturated heterocycles. The highest BCUT2D eigenvalue weighted by molar-refractivity contribution is 5.92. The van der Waals surface area contributed by atoms with Crippen molar-refractivity contribution >= 4 is 22.5 Å². The van der Waals surface area contributed by atoms with E-state index in [0.29, 0.717) is 5.39 Å². The molecule has 1 heterocycles. The van der Waals surface area contributed by atoms with Crippen molar-refractivity contribution in [3.05, 3.63) is 66.1 Å². The zero-order chi connectivity index (χ0) is 14.8. The maximum atomic E-state index is 13.6. The van der Waals surface area contributed by atoms with Crippen LogP contribution in [0.4, 0.5) is 10.1 Å². The van der Waals surface area contributed by atoms with Crippen LogP contribution in [0.25, 0.3) is 10.9 Å². The van der Waals surface area contributed by atoms with Crippen molar-refractivity contribution in [3.63, 3.8) is 0 Å². The van der Waals surface area contributed by atoms with E-state index in [9.17, 15) is 9.18 Å². The lowest BCUT2D eigenvalue weighted by molar-refractivity contribution is -0.116. The predicted octanol–water partition coefficient (Wildman–Crippen LogP) is 3.73. The van der Waals surface area contributed by atoms with Crippen LogP contribution in [0.1, 0.15) is 5.56 Å². The summed E-state index contributed by atoms with van der Waals surface area (Å²) in [5.41, 5.74) is 2.57. The number of benzene rings is 2. The number of halogens is 1. The minimum Gasteiger partial charge on any atom is -0.338 e. The Hall–Kier alpha value is -2.62. The van der Waals surface area contributed by atoms with Crippen LogP contribution in [0.15, 0.2) is 54.7 Å². The summed E-state index contributed by atoms with van der Waals surface area (Å²) in [6, 6.07) is 14.2. The van der Waals surface area contributed by atoms with Crippen molar-refractivity contribution in [2.45, 2.75) is 13.5 Å². The van der Waals surface area contributed by atoms with Crippen molar-refractivity contribution in [3.8, 4) is 0 Å². The molecule has 2 aromatic carbocycles. The Bertz CT molecular complexity index is 807. The Balaban J connectivity index is 1.79. The third-order valence-corrected chi connectivity index (χ3v) is 3.38. The van der Waals surface area contributed by atoms with Gasteiger partial charge in [0.05, 0.1) is 5.52 Å². The minimum absolute atomic E-state index is 0.137. The van der Waals surface area contributed by atoms with Crippen LogP contribution >= 0.6 is 0 Å². The summed E-state index contributed by atoms with van der Waals surface area (Å²) >= 11 is 0. The molecule has 0 radical (unpaired) electrons. The Labute approximate surface area is 122 Å². The first-order valence-corrected chi connectivity index (χ1v) is 6.73. The van der Waals surface area contributed by atoms with Crippen LogP contribution in [0.3, 0.4) is 0 Å². The molecule has 0 spiro atoms. The summed E-state index contributed by atoms with van der Waals surface area (Å²) in [6.07, 6.45) is 1.73. The number of hydrogen-bond donors (Lipinski definition) is 1. The number of hydrogen-bond acceptors (Lipinski definition) is 1. The van der Waals surface area contributed by atoms with E-state index in [1.54, 1.807) is 29.0 Å². The number of carbonyl (C=O) groups is 1. The first kappa shape index (κ1) is 13.4. The number of anilines is 1. The molecule has 3 nitrogen and oxygen atoms in total. The van der Waals surface area contributed by atoms with Crippen LogP contribution in [-0.4, -0.2) is 10.5 Å². The topological polar surface area (TPSA) is 34.0 Å². The summed E-state index contributed by atoms with van der Waals surface area (Å²) in [6.45, 7) is 2.12. The van der Waals surface area contributed by atoms with Gasteiger partial charge in [-0.1, -0.05) is 18.2 Å². The van der Waals surface area contributed by atoms with Gasteiger partial charge in [0.2, 0.25) is 5.91 Å². The highest BCUT2D eigenvalue weighted by Crippen LogP contribution is 2.19. The van der Waals surface area contributed by atoms with Crippen molar-refractivity contribution in [2.75, 3.05) is 5.32 Å². The van der Waals surface area contributed by atoms with E-state index in [0.717, 1.165) is 16.8 Å². The number of rotatable bonds is 3. The second-order valence-corrected chi connectivity index (χ2v) is 5.03. The summed E-state index contributed by atoms with van der Waals surface area (Å²) < 4.78 is 15.4. The maximum Gasteiger partial charge on any atom is 0.244 e. The smallest absolute Gasteiger partial charge is 0.244 e. The molecule has 0 atom stereocenters. The van der Waals surface area contributed by atoms with Crippen LogP contribution in [-0.2, 0) is 11.3 Å². The normalized spacial score (nSPS) is 10.8. The third-order valence-electron chi connectivity index (χ3n) is 3.38. The molecule has 0 aliphatic heterocycles. The SMILES string of the molecule is Cc1cccc(NC(=O)Cn2ccc3c(F)cccc32)c1. The number of aromatic nitrogens is 1. The maximum absolute atomic E-state index is 13.6. The average molecular weight is 282 g/mol. The molecule has 3 rings (SSSR count). The lowest BCUT2D eigenvalue weighted by Gasteiger charge is -2.08. The lowest BCUT2D eigenvalue weighted by Crippen LogP contribution is -2.18. The van der Waals surface area contributed by atoms with E-state index in [-0.39, 0.29) is 18.3 Å². The van der Waals surface area contributed by atoms with Gasteiger partial charge in [-0.2, -0.15) is 0 Å². The van der Waals surface area contributed by atoms with Crippen molar-refractivity contribution in [1.29, 1.82) is 0 Å². The molecule has 1 amide bonds. The van der Waals surface area contributed by atoms with Crippen molar-refractivity contribution in [1.82, 2.24) is 4.57 Å². The van der Waals surface area contributed by atoms with Gasteiger partial charge in [-0.25, -0.2) is 4.39 Å². The quantitative estimate of drug-likeness (QED) is 0.780. The zero-order valence-electron chi connectivity index (χ0n) is 11.6. The predicted molar refractivity (Wildman–Crippen MR) is 81.7 cm³/mol. The highest BCUT2D eigenvalue weighted by Gasteiger charge is 2.08. The second-order valence-electron chi connectivity index (χ2n) is 5.03. The number of fused-ring (bicyclic) bond motifs is 1. The number of nitrogens with zero attached hydrogens (tertiary/aromatic N) is 1. The van der Waals surface area contributed by atoms with E-state index < -0.39 is 0 Å². The van der Waals surface area contributed by atoms with Crippen LogP contribution in [0.2, 0.25) is 0 Å². The van der Waals surface area contributed by atoms with Gasteiger partial charge in [-0.3, -0.25) is 4.79 Å². The summed E-state index contributed by atoms with van der Waals surface area (Å²) in [4.78, 5) is 12.1. The monoisotopic (exact) mass is 282 g/mol. The van der Waals surface area contributed by atoms with Crippen molar-refractivity contribution < 1.29 is 9.18 Å². The molecule has 106 valence electrons. The Kier molecular flexibility index (Phi) is 3.44. The van der Waals surface area contributed by atoms with Crippen LogP contribution in [0.5, 0.6) is 0 Å². The van der Waals surface area contributed by atoms with Crippen LogP contribution in [0, 0.1) is 12.7 Å². The minimum atomic E-state index is -0.273. The first-order chi connectivity index (χ1) is 10.1.